The molecule has 0 heterocycles. The molecule has 2 fully saturated rings. The van der Waals surface area contributed by atoms with Crippen molar-refractivity contribution in [1.29, 1.82) is 0 Å². The Morgan fingerprint density at radius 1 is 1.21 bits per heavy atom. The van der Waals surface area contributed by atoms with E-state index in [2.05, 4.69) is 12.2 Å². The van der Waals surface area contributed by atoms with Crippen molar-refractivity contribution in [2.24, 2.45) is 11.8 Å². The van der Waals surface area contributed by atoms with E-state index in [4.69, 9.17) is 0 Å². The maximum atomic E-state index is 13.7. The van der Waals surface area contributed by atoms with Crippen molar-refractivity contribution in [2.45, 2.75) is 51.0 Å². The number of rotatable bonds is 4. The Hall–Kier alpha value is -0.890. The van der Waals surface area contributed by atoms with Crippen molar-refractivity contribution in [3.05, 3.63) is 35.6 Å². The Morgan fingerprint density at radius 3 is 2.68 bits per heavy atom. The molecule has 0 aromatic heterocycles. The van der Waals surface area contributed by atoms with E-state index in [0.29, 0.717) is 12.0 Å². The third kappa shape index (κ3) is 2.84. The van der Waals surface area contributed by atoms with Gasteiger partial charge in [-0.05, 0) is 55.2 Å². The van der Waals surface area contributed by atoms with Gasteiger partial charge in [0.2, 0.25) is 0 Å². The molecule has 0 aliphatic heterocycles. The van der Waals surface area contributed by atoms with Crippen LogP contribution in [0.2, 0.25) is 0 Å². The topological polar surface area (TPSA) is 12.0 Å². The summed E-state index contributed by atoms with van der Waals surface area (Å²) in [4.78, 5) is 0. The van der Waals surface area contributed by atoms with Crippen LogP contribution in [0, 0.1) is 17.7 Å². The first-order valence-electron chi connectivity index (χ1n) is 7.72. The molecule has 0 saturated heterocycles. The molecule has 1 aromatic carbocycles. The zero-order chi connectivity index (χ0) is 13.2. The second-order valence-electron chi connectivity index (χ2n) is 6.46. The van der Waals surface area contributed by atoms with Crippen LogP contribution in [0.25, 0.3) is 0 Å². The van der Waals surface area contributed by atoms with Gasteiger partial charge in [-0.15, -0.1) is 0 Å². The van der Waals surface area contributed by atoms with Gasteiger partial charge in [0.15, 0.2) is 0 Å². The van der Waals surface area contributed by atoms with Crippen molar-refractivity contribution in [3.63, 3.8) is 0 Å². The fourth-order valence-corrected chi connectivity index (χ4v) is 3.69. The van der Waals surface area contributed by atoms with Crippen LogP contribution in [-0.4, -0.2) is 12.6 Å². The molecule has 104 valence electrons. The quantitative estimate of drug-likeness (QED) is 0.860. The van der Waals surface area contributed by atoms with Crippen molar-refractivity contribution in [3.8, 4) is 0 Å². The number of nitrogens with one attached hydrogen (secondary N) is 1. The van der Waals surface area contributed by atoms with E-state index < -0.39 is 0 Å². The standard InChI is InChI=1S/C17H24FN/c1-12-5-4-6-13(12)11-19-15-9-14(10-15)16-7-2-3-8-17(16)18/h2-3,7-8,12-15,19H,4-6,9-11H2,1H3. The maximum absolute atomic E-state index is 13.7. The van der Waals surface area contributed by atoms with E-state index in [1.165, 1.54) is 19.3 Å². The highest BCUT2D eigenvalue weighted by Crippen LogP contribution is 2.38. The molecule has 3 rings (SSSR count). The van der Waals surface area contributed by atoms with E-state index in [-0.39, 0.29) is 5.82 Å². The van der Waals surface area contributed by atoms with Gasteiger partial charge in [-0.2, -0.15) is 0 Å². The molecule has 1 nitrogen and oxygen atoms in total. The normalized spacial score (nSPS) is 34.2. The molecule has 2 heteroatoms. The second kappa shape index (κ2) is 5.62. The number of benzene rings is 1. The molecule has 0 radical (unpaired) electrons. The molecule has 2 unspecified atom stereocenters. The number of halogens is 1. The summed E-state index contributed by atoms with van der Waals surface area (Å²) in [6.07, 6.45) is 6.38. The van der Waals surface area contributed by atoms with Crippen molar-refractivity contribution < 1.29 is 4.39 Å². The zero-order valence-corrected chi connectivity index (χ0v) is 11.7. The largest absolute Gasteiger partial charge is 0.314 e. The average Bonchev–Trinajstić information content (AvgIpc) is 2.75. The van der Waals surface area contributed by atoms with Gasteiger partial charge in [0, 0.05) is 6.04 Å². The summed E-state index contributed by atoms with van der Waals surface area (Å²) >= 11 is 0. The Balaban J connectivity index is 1.44. The first-order chi connectivity index (χ1) is 9.24. The highest BCUT2D eigenvalue weighted by Gasteiger charge is 2.32. The van der Waals surface area contributed by atoms with E-state index in [9.17, 15) is 4.39 Å². The fourth-order valence-electron chi connectivity index (χ4n) is 3.69. The first-order valence-corrected chi connectivity index (χ1v) is 7.72. The van der Waals surface area contributed by atoms with Gasteiger partial charge >= 0.3 is 0 Å². The Morgan fingerprint density at radius 2 is 2.00 bits per heavy atom. The van der Waals surface area contributed by atoms with Crippen LogP contribution in [0.15, 0.2) is 24.3 Å². The van der Waals surface area contributed by atoms with Crippen molar-refractivity contribution in [2.75, 3.05) is 6.54 Å². The zero-order valence-electron chi connectivity index (χ0n) is 11.7. The van der Waals surface area contributed by atoms with Gasteiger partial charge < -0.3 is 5.32 Å². The van der Waals surface area contributed by atoms with E-state index >= 15 is 0 Å². The SMILES string of the molecule is CC1CCCC1CNC1CC(c2ccccc2F)C1. The van der Waals surface area contributed by atoms with Crippen LogP contribution in [0.5, 0.6) is 0 Å². The summed E-state index contributed by atoms with van der Waals surface area (Å²) in [5.74, 6) is 2.15. The van der Waals surface area contributed by atoms with Gasteiger partial charge in [0.1, 0.15) is 5.82 Å². The molecule has 2 aliphatic carbocycles. The lowest BCUT2D eigenvalue weighted by Gasteiger charge is -2.37. The molecular weight excluding hydrogens is 237 g/mol. The molecule has 0 spiro atoms. The maximum Gasteiger partial charge on any atom is 0.126 e. The summed E-state index contributed by atoms with van der Waals surface area (Å²) < 4.78 is 13.7. The van der Waals surface area contributed by atoms with Crippen LogP contribution in [-0.2, 0) is 0 Å². The van der Waals surface area contributed by atoms with Crippen LogP contribution in [0.3, 0.4) is 0 Å². The van der Waals surface area contributed by atoms with Gasteiger partial charge in [-0.25, -0.2) is 4.39 Å². The molecule has 2 atom stereocenters. The third-order valence-corrected chi connectivity index (χ3v) is 5.19. The molecule has 1 N–H and O–H groups in total. The monoisotopic (exact) mass is 261 g/mol. The smallest absolute Gasteiger partial charge is 0.126 e. The number of hydrogen-bond donors (Lipinski definition) is 1. The van der Waals surface area contributed by atoms with Crippen molar-refractivity contribution >= 4 is 0 Å². The minimum atomic E-state index is -0.0321. The predicted octanol–water partition coefficient (Wildman–Crippen LogP) is 4.10. The van der Waals surface area contributed by atoms with E-state index in [1.807, 2.05) is 12.1 Å². The van der Waals surface area contributed by atoms with Gasteiger partial charge in [0.05, 0.1) is 0 Å². The minimum absolute atomic E-state index is 0.0321. The molecule has 0 bridgehead atoms. The Kier molecular flexibility index (Phi) is 3.88. The third-order valence-electron chi connectivity index (χ3n) is 5.19. The van der Waals surface area contributed by atoms with Crippen molar-refractivity contribution in [1.82, 2.24) is 5.32 Å². The van der Waals surface area contributed by atoms with E-state index in [1.54, 1.807) is 12.1 Å². The Bertz CT molecular complexity index is 425. The molecule has 19 heavy (non-hydrogen) atoms. The van der Waals surface area contributed by atoms with Crippen LogP contribution in [0.1, 0.15) is 50.5 Å². The lowest BCUT2D eigenvalue weighted by molar-refractivity contribution is 0.260. The summed E-state index contributed by atoms with van der Waals surface area (Å²) in [6, 6.07) is 7.84. The predicted molar refractivity (Wildman–Crippen MR) is 76.7 cm³/mol. The summed E-state index contributed by atoms with van der Waals surface area (Å²) in [5, 5.41) is 3.69. The van der Waals surface area contributed by atoms with Crippen LogP contribution < -0.4 is 5.32 Å². The minimum Gasteiger partial charge on any atom is -0.314 e. The van der Waals surface area contributed by atoms with E-state index in [0.717, 1.165) is 36.8 Å². The van der Waals surface area contributed by atoms with Gasteiger partial charge in [0.25, 0.3) is 0 Å². The average molecular weight is 261 g/mol. The van der Waals surface area contributed by atoms with Crippen LogP contribution in [0.4, 0.5) is 4.39 Å². The summed E-state index contributed by atoms with van der Waals surface area (Å²) in [6.45, 7) is 3.54. The molecule has 2 aliphatic rings. The fraction of sp³-hybridized carbons (Fsp3) is 0.647. The molecule has 2 saturated carbocycles. The highest BCUT2D eigenvalue weighted by molar-refractivity contribution is 5.24. The summed E-state index contributed by atoms with van der Waals surface area (Å²) in [7, 11) is 0. The molecule has 0 amide bonds. The highest BCUT2D eigenvalue weighted by atomic mass is 19.1. The Labute approximate surface area is 115 Å². The van der Waals surface area contributed by atoms with Gasteiger partial charge in [-0.3, -0.25) is 0 Å². The summed E-state index contributed by atoms with van der Waals surface area (Å²) in [5.41, 5.74) is 0.912. The van der Waals surface area contributed by atoms with Crippen LogP contribution >= 0.6 is 0 Å². The lowest BCUT2D eigenvalue weighted by atomic mass is 9.75. The first kappa shape index (κ1) is 13.1. The second-order valence-corrected chi connectivity index (χ2v) is 6.46. The van der Waals surface area contributed by atoms with Gasteiger partial charge in [-0.1, -0.05) is 38.0 Å². The lowest BCUT2D eigenvalue weighted by Crippen LogP contribution is -2.42. The number of hydrogen-bond acceptors (Lipinski definition) is 1. The molecular formula is C17H24FN. The molecule has 1 aromatic rings.